The molecule has 2 amide bonds. The number of hydrogen-bond donors (Lipinski definition) is 0. The van der Waals surface area contributed by atoms with Gasteiger partial charge in [-0.15, -0.1) is 11.3 Å². The van der Waals surface area contributed by atoms with Crippen LogP contribution >= 0.6 is 11.3 Å². The zero-order valence-electron chi connectivity index (χ0n) is 13.9. The van der Waals surface area contributed by atoms with Crippen molar-refractivity contribution < 1.29 is 19.1 Å². The lowest BCUT2D eigenvalue weighted by Crippen LogP contribution is -2.46. The number of likely N-dealkylation sites (N-methyl/N-ethyl adjacent to an activating group) is 1. The van der Waals surface area contributed by atoms with Crippen molar-refractivity contribution in [1.29, 1.82) is 0 Å². The zero-order valence-corrected chi connectivity index (χ0v) is 14.7. The summed E-state index contributed by atoms with van der Waals surface area (Å²) in [5, 5.41) is 1.84. The van der Waals surface area contributed by atoms with Gasteiger partial charge in [-0.3, -0.25) is 9.59 Å². The van der Waals surface area contributed by atoms with Gasteiger partial charge < -0.3 is 19.3 Å². The number of nitrogens with zero attached hydrogens (tertiary/aromatic N) is 2. The Balaban J connectivity index is 2.00. The van der Waals surface area contributed by atoms with E-state index in [1.165, 1.54) is 11.3 Å². The van der Waals surface area contributed by atoms with Crippen LogP contribution in [0.5, 0.6) is 5.75 Å². The van der Waals surface area contributed by atoms with Crippen LogP contribution in [0.1, 0.15) is 22.5 Å². The summed E-state index contributed by atoms with van der Waals surface area (Å²) < 4.78 is 10.2. The molecule has 7 heteroatoms. The van der Waals surface area contributed by atoms with Crippen LogP contribution in [0.3, 0.4) is 0 Å². The predicted molar refractivity (Wildman–Crippen MR) is 89.0 cm³/mol. The number of rotatable bonds is 6. The molecule has 0 aliphatic carbocycles. The Bertz CT molecular complexity index is 546. The molecular weight excluding hydrogens is 316 g/mol. The first-order chi connectivity index (χ1) is 11.1. The lowest BCUT2D eigenvalue weighted by molar-refractivity contribution is -0.136. The van der Waals surface area contributed by atoms with Crippen molar-refractivity contribution in [2.45, 2.75) is 12.8 Å². The van der Waals surface area contributed by atoms with Gasteiger partial charge in [0.25, 0.3) is 5.91 Å². The first-order valence-electron chi connectivity index (χ1n) is 7.73. The number of thiophene rings is 1. The minimum atomic E-state index is -0.138. The highest BCUT2D eigenvalue weighted by Crippen LogP contribution is 2.28. The Morgan fingerprint density at radius 2 is 2.22 bits per heavy atom. The highest BCUT2D eigenvalue weighted by atomic mass is 32.1. The van der Waals surface area contributed by atoms with Gasteiger partial charge >= 0.3 is 0 Å². The van der Waals surface area contributed by atoms with Crippen molar-refractivity contribution in [3.05, 3.63) is 16.3 Å². The second kappa shape index (κ2) is 8.31. The quantitative estimate of drug-likeness (QED) is 0.791. The van der Waals surface area contributed by atoms with Gasteiger partial charge in [0.05, 0.1) is 19.6 Å². The monoisotopic (exact) mass is 340 g/mol. The lowest BCUT2D eigenvalue weighted by Gasteiger charge is -2.33. The van der Waals surface area contributed by atoms with E-state index in [-0.39, 0.29) is 17.7 Å². The van der Waals surface area contributed by atoms with Crippen LogP contribution in [0.15, 0.2) is 11.4 Å². The molecule has 0 aromatic carbocycles. The highest BCUT2D eigenvalue weighted by molar-refractivity contribution is 7.12. The SMILES string of the molecule is COCCN(C)C(=O)[C@@H]1CCCN(C(=O)c2sccc2OC)C1. The van der Waals surface area contributed by atoms with Crippen molar-refractivity contribution in [3.63, 3.8) is 0 Å². The first kappa shape index (κ1) is 17.7. The van der Waals surface area contributed by atoms with E-state index >= 15 is 0 Å². The minimum Gasteiger partial charge on any atom is -0.495 e. The van der Waals surface area contributed by atoms with Gasteiger partial charge in [0, 0.05) is 33.8 Å². The summed E-state index contributed by atoms with van der Waals surface area (Å²) in [4.78, 5) is 29.2. The average Bonchev–Trinajstić information content (AvgIpc) is 3.07. The Labute approximate surface area is 141 Å². The van der Waals surface area contributed by atoms with Crippen LogP contribution in [0.25, 0.3) is 0 Å². The van der Waals surface area contributed by atoms with Crippen LogP contribution in [0.2, 0.25) is 0 Å². The zero-order chi connectivity index (χ0) is 16.8. The van der Waals surface area contributed by atoms with Crippen LogP contribution in [0.4, 0.5) is 0 Å². The third-order valence-corrected chi connectivity index (χ3v) is 4.99. The molecule has 1 aromatic rings. The Kier molecular flexibility index (Phi) is 6.41. The van der Waals surface area contributed by atoms with Crippen molar-refractivity contribution in [2.75, 3.05) is 47.5 Å². The summed E-state index contributed by atoms with van der Waals surface area (Å²) in [5.74, 6) is 0.498. The molecule has 6 nitrogen and oxygen atoms in total. The maximum atomic E-state index is 12.7. The van der Waals surface area contributed by atoms with Crippen LogP contribution < -0.4 is 4.74 Å². The summed E-state index contributed by atoms with van der Waals surface area (Å²) in [6.45, 7) is 2.24. The van der Waals surface area contributed by atoms with E-state index in [0.29, 0.717) is 36.9 Å². The third-order valence-electron chi connectivity index (χ3n) is 4.11. The summed E-state index contributed by atoms with van der Waals surface area (Å²) in [6.07, 6.45) is 1.66. The van der Waals surface area contributed by atoms with Gasteiger partial charge in [0.2, 0.25) is 5.91 Å². The second-order valence-electron chi connectivity index (χ2n) is 5.66. The van der Waals surface area contributed by atoms with E-state index in [0.717, 1.165) is 12.8 Å². The molecule has 1 aliphatic rings. The maximum absolute atomic E-state index is 12.7. The second-order valence-corrected chi connectivity index (χ2v) is 6.58. The van der Waals surface area contributed by atoms with E-state index < -0.39 is 0 Å². The fourth-order valence-electron chi connectivity index (χ4n) is 2.77. The van der Waals surface area contributed by atoms with Gasteiger partial charge in [0.15, 0.2) is 0 Å². The van der Waals surface area contributed by atoms with E-state index in [4.69, 9.17) is 9.47 Å². The summed E-state index contributed by atoms with van der Waals surface area (Å²) in [6, 6.07) is 1.79. The van der Waals surface area contributed by atoms with E-state index in [2.05, 4.69) is 0 Å². The number of hydrogen-bond acceptors (Lipinski definition) is 5. The molecule has 0 unspecified atom stereocenters. The molecule has 128 valence electrons. The molecule has 0 saturated carbocycles. The average molecular weight is 340 g/mol. The lowest BCUT2D eigenvalue weighted by atomic mass is 9.96. The van der Waals surface area contributed by atoms with Gasteiger partial charge in [-0.2, -0.15) is 0 Å². The largest absolute Gasteiger partial charge is 0.495 e. The number of methoxy groups -OCH3 is 2. The van der Waals surface area contributed by atoms with Crippen LogP contribution in [-0.2, 0) is 9.53 Å². The number of ether oxygens (including phenoxy) is 2. The number of carbonyl (C=O) groups is 2. The van der Waals surface area contributed by atoms with Gasteiger partial charge in [-0.05, 0) is 24.3 Å². The molecule has 0 N–H and O–H groups in total. The topological polar surface area (TPSA) is 59.1 Å². The molecular formula is C16H24N2O4S. The number of likely N-dealkylation sites (tertiary alicyclic amines) is 1. The molecule has 1 atom stereocenters. The summed E-state index contributed by atoms with van der Waals surface area (Å²) >= 11 is 1.37. The van der Waals surface area contributed by atoms with Gasteiger partial charge in [0.1, 0.15) is 10.6 Å². The molecule has 0 bridgehead atoms. The normalized spacial score (nSPS) is 17.9. The molecule has 2 rings (SSSR count). The molecule has 1 aromatic heterocycles. The molecule has 1 aliphatic heterocycles. The fourth-order valence-corrected chi connectivity index (χ4v) is 3.60. The fraction of sp³-hybridized carbons (Fsp3) is 0.625. The predicted octanol–water partition coefficient (Wildman–Crippen LogP) is 1.71. The van der Waals surface area contributed by atoms with Crippen molar-refractivity contribution in [2.24, 2.45) is 5.92 Å². The Morgan fingerprint density at radius 3 is 2.91 bits per heavy atom. The molecule has 1 saturated heterocycles. The van der Waals surface area contributed by atoms with E-state index in [1.54, 1.807) is 37.1 Å². The van der Waals surface area contributed by atoms with Gasteiger partial charge in [-0.25, -0.2) is 0 Å². The molecule has 0 radical (unpaired) electrons. The Morgan fingerprint density at radius 1 is 1.43 bits per heavy atom. The molecule has 1 fully saturated rings. The van der Waals surface area contributed by atoms with Gasteiger partial charge in [-0.1, -0.05) is 0 Å². The van der Waals surface area contributed by atoms with Crippen molar-refractivity contribution in [3.8, 4) is 5.75 Å². The molecule has 2 heterocycles. The standard InChI is InChI=1S/C16H24N2O4S/c1-17(8-9-21-2)15(19)12-5-4-7-18(11-12)16(20)14-13(22-3)6-10-23-14/h6,10,12H,4-5,7-9,11H2,1-3H3/t12-/m1/s1. The van der Waals surface area contributed by atoms with Crippen molar-refractivity contribution >= 4 is 23.2 Å². The number of carbonyl (C=O) groups excluding carboxylic acids is 2. The minimum absolute atomic E-state index is 0.0473. The highest BCUT2D eigenvalue weighted by Gasteiger charge is 2.31. The third kappa shape index (κ3) is 4.23. The smallest absolute Gasteiger partial charge is 0.267 e. The first-order valence-corrected chi connectivity index (χ1v) is 8.61. The number of amides is 2. The van der Waals surface area contributed by atoms with E-state index in [9.17, 15) is 9.59 Å². The van der Waals surface area contributed by atoms with E-state index in [1.807, 2.05) is 5.38 Å². The Hall–Kier alpha value is -1.60. The van der Waals surface area contributed by atoms with Crippen LogP contribution in [-0.4, -0.2) is 69.1 Å². The molecule has 23 heavy (non-hydrogen) atoms. The summed E-state index contributed by atoms with van der Waals surface area (Å²) in [5.41, 5.74) is 0. The maximum Gasteiger partial charge on any atom is 0.267 e. The van der Waals surface area contributed by atoms with Crippen molar-refractivity contribution in [1.82, 2.24) is 9.80 Å². The number of piperidine rings is 1. The van der Waals surface area contributed by atoms with Crippen LogP contribution in [0, 0.1) is 5.92 Å². The molecule has 0 spiro atoms. The summed E-state index contributed by atoms with van der Waals surface area (Å²) in [7, 11) is 4.96.